The van der Waals surface area contributed by atoms with E-state index in [1.54, 1.807) is 0 Å². The van der Waals surface area contributed by atoms with Crippen molar-refractivity contribution in [2.24, 2.45) is 5.73 Å². The Hall–Kier alpha value is -0.900. The molecule has 0 atom stereocenters. The molecule has 0 saturated carbocycles. The lowest BCUT2D eigenvalue weighted by atomic mass is 9.99. The molecule has 0 unspecified atom stereocenters. The van der Waals surface area contributed by atoms with E-state index in [1.807, 2.05) is 0 Å². The molecule has 3 heteroatoms. The third-order valence-corrected chi connectivity index (χ3v) is 4.35. The van der Waals surface area contributed by atoms with Crippen molar-refractivity contribution in [2.75, 3.05) is 39.3 Å². The third kappa shape index (κ3) is 4.05. The minimum Gasteiger partial charge on any atom is -0.329 e. The Morgan fingerprint density at radius 3 is 2.20 bits per heavy atom. The first-order valence-electron chi connectivity index (χ1n) is 7.81. The smallest absolute Gasteiger partial charge is 0.0239 e. The molecule has 112 valence electrons. The highest BCUT2D eigenvalue weighted by molar-refractivity contribution is 5.37. The van der Waals surface area contributed by atoms with Crippen molar-refractivity contribution in [1.82, 2.24) is 9.80 Å². The van der Waals surface area contributed by atoms with Crippen molar-refractivity contribution in [2.45, 2.75) is 33.7 Å². The molecular formula is C17H29N3. The molecule has 1 heterocycles. The van der Waals surface area contributed by atoms with E-state index in [0.717, 1.165) is 32.7 Å². The van der Waals surface area contributed by atoms with Crippen LogP contribution in [0.4, 0.5) is 0 Å². The van der Waals surface area contributed by atoms with Gasteiger partial charge in [0, 0.05) is 32.7 Å². The highest BCUT2D eigenvalue weighted by atomic mass is 15.2. The predicted octanol–water partition coefficient (Wildman–Crippen LogP) is 2.08. The number of hydrogen-bond donors (Lipinski definition) is 1. The van der Waals surface area contributed by atoms with Crippen LogP contribution in [0.2, 0.25) is 0 Å². The van der Waals surface area contributed by atoms with E-state index in [0.29, 0.717) is 0 Å². The number of nitrogens with two attached hydrogens (primary N) is 1. The van der Waals surface area contributed by atoms with Gasteiger partial charge in [0.05, 0.1) is 0 Å². The van der Waals surface area contributed by atoms with Gasteiger partial charge in [0.25, 0.3) is 0 Å². The number of nitrogens with zero attached hydrogens (tertiary/aromatic N) is 2. The second kappa shape index (κ2) is 7.21. The Morgan fingerprint density at radius 2 is 1.55 bits per heavy atom. The first-order valence-corrected chi connectivity index (χ1v) is 7.81. The van der Waals surface area contributed by atoms with E-state index in [1.165, 1.54) is 41.8 Å². The van der Waals surface area contributed by atoms with Gasteiger partial charge in [-0.3, -0.25) is 4.90 Å². The molecule has 0 amide bonds. The fourth-order valence-electron chi connectivity index (χ4n) is 3.27. The fourth-order valence-corrected chi connectivity index (χ4v) is 3.27. The Balaban J connectivity index is 2.00. The van der Waals surface area contributed by atoms with E-state index in [9.17, 15) is 0 Å². The predicted molar refractivity (Wildman–Crippen MR) is 86.0 cm³/mol. The molecule has 0 aliphatic carbocycles. The van der Waals surface area contributed by atoms with Gasteiger partial charge in [-0.15, -0.1) is 0 Å². The molecule has 3 nitrogen and oxygen atoms in total. The van der Waals surface area contributed by atoms with Gasteiger partial charge >= 0.3 is 0 Å². The minimum atomic E-state index is 0.774. The average Bonchev–Trinajstić information content (AvgIpc) is 2.60. The Bertz CT molecular complexity index is 419. The normalized spacial score (nSPS) is 18.2. The maximum Gasteiger partial charge on any atom is 0.0239 e. The lowest BCUT2D eigenvalue weighted by molar-refractivity contribution is 0.254. The maximum absolute atomic E-state index is 5.67. The lowest BCUT2D eigenvalue weighted by Crippen LogP contribution is -2.33. The molecule has 1 aliphatic heterocycles. The number of rotatable bonds is 4. The van der Waals surface area contributed by atoms with Crippen LogP contribution in [0.15, 0.2) is 12.1 Å². The second-order valence-electron chi connectivity index (χ2n) is 6.14. The highest BCUT2D eigenvalue weighted by Gasteiger charge is 2.16. The Labute approximate surface area is 123 Å². The molecule has 2 N–H and O–H groups in total. The van der Waals surface area contributed by atoms with Crippen LogP contribution in [-0.4, -0.2) is 49.1 Å². The molecule has 0 spiro atoms. The van der Waals surface area contributed by atoms with E-state index < -0.39 is 0 Å². The lowest BCUT2D eigenvalue weighted by Gasteiger charge is -2.23. The van der Waals surface area contributed by atoms with Gasteiger partial charge in [0.1, 0.15) is 0 Å². The first-order chi connectivity index (χ1) is 9.60. The zero-order chi connectivity index (χ0) is 14.5. The van der Waals surface area contributed by atoms with E-state index in [4.69, 9.17) is 5.73 Å². The standard InChI is InChI=1S/C17H29N3/c1-14-11-15(2)17(16(3)12-14)13-20-7-4-6-19(8-5-18)9-10-20/h11-12H,4-10,13,18H2,1-3H3. The molecule has 0 aromatic heterocycles. The van der Waals surface area contributed by atoms with E-state index in [2.05, 4.69) is 42.7 Å². The number of hydrogen-bond acceptors (Lipinski definition) is 3. The zero-order valence-electron chi connectivity index (χ0n) is 13.3. The van der Waals surface area contributed by atoms with Gasteiger partial charge in [0.15, 0.2) is 0 Å². The van der Waals surface area contributed by atoms with Crippen molar-refractivity contribution >= 4 is 0 Å². The summed E-state index contributed by atoms with van der Waals surface area (Å²) in [7, 11) is 0. The van der Waals surface area contributed by atoms with Crippen LogP contribution in [0.3, 0.4) is 0 Å². The number of aryl methyl sites for hydroxylation is 3. The van der Waals surface area contributed by atoms with Crippen LogP contribution in [0.5, 0.6) is 0 Å². The van der Waals surface area contributed by atoms with Crippen LogP contribution < -0.4 is 5.73 Å². The van der Waals surface area contributed by atoms with Gasteiger partial charge in [-0.25, -0.2) is 0 Å². The van der Waals surface area contributed by atoms with Gasteiger partial charge in [0.2, 0.25) is 0 Å². The Kier molecular flexibility index (Phi) is 5.58. The molecule has 0 bridgehead atoms. The molecule has 0 radical (unpaired) electrons. The van der Waals surface area contributed by atoms with Crippen molar-refractivity contribution in [3.05, 3.63) is 34.4 Å². The zero-order valence-corrected chi connectivity index (χ0v) is 13.3. The quantitative estimate of drug-likeness (QED) is 0.913. The van der Waals surface area contributed by atoms with Crippen molar-refractivity contribution in [3.8, 4) is 0 Å². The topological polar surface area (TPSA) is 32.5 Å². The summed E-state index contributed by atoms with van der Waals surface area (Å²) in [6.45, 7) is 14.3. The van der Waals surface area contributed by atoms with Crippen molar-refractivity contribution in [1.29, 1.82) is 0 Å². The summed E-state index contributed by atoms with van der Waals surface area (Å²) in [5.41, 5.74) is 11.4. The summed E-state index contributed by atoms with van der Waals surface area (Å²) in [4.78, 5) is 5.09. The average molecular weight is 275 g/mol. The summed E-state index contributed by atoms with van der Waals surface area (Å²) in [6, 6.07) is 4.61. The summed E-state index contributed by atoms with van der Waals surface area (Å²) < 4.78 is 0. The largest absolute Gasteiger partial charge is 0.329 e. The summed E-state index contributed by atoms with van der Waals surface area (Å²) in [5.74, 6) is 0. The molecule has 1 fully saturated rings. The van der Waals surface area contributed by atoms with Gasteiger partial charge in [-0.05, 0) is 57.0 Å². The number of benzene rings is 1. The molecule has 1 aromatic rings. The fraction of sp³-hybridized carbons (Fsp3) is 0.647. The minimum absolute atomic E-state index is 0.774. The first kappa shape index (κ1) is 15.5. The summed E-state index contributed by atoms with van der Waals surface area (Å²) in [6.07, 6.45) is 1.25. The monoisotopic (exact) mass is 275 g/mol. The van der Waals surface area contributed by atoms with Crippen LogP contribution in [0, 0.1) is 20.8 Å². The summed E-state index contributed by atoms with van der Waals surface area (Å²) in [5, 5.41) is 0. The van der Waals surface area contributed by atoms with Gasteiger partial charge < -0.3 is 10.6 Å². The summed E-state index contributed by atoms with van der Waals surface area (Å²) >= 11 is 0. The molecule has 1 saturated heterocycles. The van der Waals surface area contributed by atoms with Gasteiger partial charge in [-0.2, -0.15) is 0 Å². The van der Waals surface area contributed by atoms with Crippen LogP contribution >= 0.6 is 0 Å². The van der Waals surface area contributed by atoms with Crippen LogP contribution in [0.25, 0.3) is 0 Å². The van der Waals surface area contributed by atoms with E-state index >= 15 is 0 Å². The molecule has 1 aromatic carbocycles. The maximum atomic E-state index is 5.67. The molecule has 20 heavy (non-hydrogen) atoms. The molecule has 1 aliphatic rings. The molecule has 2 rings (SSSR count). The SMILES string of the molecule is Cc1cc(C)c(CN2CCCN(CCN)CC2)c(C)c1. The second-order valence-corrected chi connectivity index (χ2v) is 6.14. The van der Waals surface area contributed by atoms with E-state index in [-0.39, 0.29) is 0 Å². The van der Waals surface area contributed by atoms with Crippen molar-refractivity contribution in [3.63, 3.8) is 0 Å². The third-order valence-electron chi connectivity index (χ3n) is 4.35. The van der Waals surface area contributed by atoms with Crippen LogP contribution in [-0.2, 0) is 6.54 Å². The van der Waals surface area contributed by atoms with Gasteiger partial charge in [-0.1, -0.05) is 17.7 Å². The molecular weight excluding hydrogens is 246 g/mol. The van der Waals surface area contributed by atoms with Crippen LogP contribution in [0.1, 0.15) is 28.7 Å². The highest BCUT2D eigenvalue weighted by Crippen LogP contribution is 2.19. The Morgan fingerprint density at radius 1 is 0.950 bits per heavy atom. The van der Waals surface area contributed by atoms with Crippen molar-refractivity contribution < 1.29 is 0 Å².